The van der Waals surface area contributed by atoms with E-state index < -0.39 is 0 Å². The van der Waals surface area contributed by atoms with Crippen molar-refractivity contribution in [2.45, 2.75) is 6.04 Å². The lowest BCUT2D eigenvalue weighted by atomic mass is 9.95. The molecule has 0 heterocycles. The maximum absolute atomic E-state index is 2.41. The molecule has 0 aliphatic heterocycles. The van der Waals surface area contributed by atoms with E-state index in [0.717, 1.165) is 0 Å². The standard InChI is InChI=1S/C25H21N/c1-5-13-21(14-6-1)25(22-15-7-2-8-16-22)26(23-17-9-3-10-18-23)24-19-11-4-12-20-24/h1-20,25H. The smallest absolute Gasteiger partial charge is 0.0844 e. The first kappa shape index (κ1) is 16.2. The third-order valence-corrected chi connectivity index (χ3v) is 4.56. The monoisotopic (exact) mass is 335 g/mol. The SMILES string of the molecule is c1ccc(C(c2ccccc2)N(c2ccccc2)c2ccccc2)cc1. The van der Waals surface area contributed by atoms with Gasteiger partial charge in [0.15, 0.2) is 0 Å². The van der Waals surface area contributed by atoms with E-state index in [1.807, 2.05) is 0 Å². The van der Waals surface area contributed by atoms with Crippen LogP contribution in [-0.2, 0) is 0 Å². The van der Waals surface area contributed by atoms with E-state index in [1.165, 1.54) is 22.5 Å². The lowest BCUT2D eigenvalue weighted by Gasteiger charge is -2.34. The van der Waals surface area contributed by atoms with Crippen LogP contribution in [0.25, 0.3) is 0 Å². The van der Waals surface area contributed by atoms with E-state index in [9.17, 15) is 0 Å². The van der Waals surface area contributed by atoms with Crippen molar-refractivity contribution in [1.29, 1.82) is 0 Å². The van der Waals surface area contributed by atoms with Crippen LogP contribution < -0.4 is 4.90 Å². The Bertz CT molecular complexity index is 759. The second kappa shape index (κ2) is 7.71. The topological polar surface area (TPSA) is 3.24 Å². The van der Waals surface area contributed by atoms with Crippen LogP contribution in [0.2, 0.25) is 0 Å². The van der Waals surface area contributed by atoms with Gasteiger partial charge < -0.3 is 4.90 Å². The predicted molar refractivity (Wildman–Crippen MR) is 110 cm³/mol. The molecule has 0 bridgehead atoms. The zero-order valence-corrected chi connectivity index (χ0v) is 14.6. The van der Waals surface area contributed by atoms with Gasteiger partial charge >= 0.3 is 0 Å². The lowest BCUT2D eigenvalue weighted by molar-refractivity contribution is 0.820. The van der Waals surface area contributed by atoms with Gasteiger partial charge in [0.25, 0.3) is 0 Å². The summed E-state index contributed by atoms with van der Waals surface area (Å²) in [6.07, 6.45) is 0. The predicted octanol–water partition coefficient (Wildman–Crippen LogP) is 6.61. The first-order valence-electron chi connectivity index (χ1n) is 8.93. The van der Waals surface area contributed by atoms with Crippen LogP contribution in [0.3, 0.4) is 0 Å². The van der Waals surface area contributed by atoms with Crippen LogP contribution in [0.15, 0.2) is 121 Å². The zero-order valence-electron chi connectivity index (χ0n) is 14.6. The average molecular weight is 335 g/mol. The van der Waals surface area contributed by atoms with Crippen molar-refractivity contribution in [3.05, 3.63) is 132 Å². The molecule has 0 amide bonds. The molecule has 0 N–H and O–H groups in total. The Hall–Kier alpha value is -3.32. The fourth-order valence-electron chi connectivity index (χ4n) is 3.39. The average Bonchev–Trinajstić information content (AvgIpc) is 2.74. The maximum atomic E-state index is 2.41. The van der Waals surface area contributed by atoms with Crippen molar-refractivity contribution in [1.82, 2.24) is 0 Å². The third kappa shape index (κ3) is 3.38. The van der Waals surface area contributed by atoms with E-state index in [-0.39, 0.29) is 6.04 Å². The Morgan fingerprint density at radius 2 is 0.692 bits per heavy atom. The Morgan fingerprint density at radius 1 is 0.385 bits per heavy atom. The molecule has 0 aliphatic carbocycles. The summed E-state index contributed by atoms with van der Waals surface area (Å²) in [5.74, 6) is 0. The number of para-hydroxylation sites is 2. The van der Waals surface area contributed by atoms with Crippen LogP contribution in [0.5, 0.6) is 0 Å². The quantitative estimate of drug-likeness (QED) is 0.396. The van der Waals surface area contributed by atoms with Gasteiger partial charge in [0.1, 0.15) is 0 Å². The third-order valence-electron chi connectivity index (χ3n) is 4.56. The summed E-state index contributed by atoms with van der Waals surface area (Å²) < 4.78 is 0. The molecule has 0 fully saturated rings. The zero-order chi connectivity index (χ0) is 17.6. The first-order valence-corrected chi connectivity index (χ1v) is 8.93. The number of nitrogens with zero attached hydrogens (tertiary/aromatic N) is 1. The van der Waals surface area contributed by atoms with E-state index in [2.05, 4.69) is 126 Å². The van der Waals surface area contributed by atoms with Crippen LogP contribution in [0.4, 0.5) is 11.4 Å². The highest BCUT2D eigenvalue weighted by Gasteiger charge is 2.24. The van der Waals surface area contributed by atoms with E-state index in [4.69, 9.17) is 0 Å². The summed E-state index contributed by atoms with van der Waals surface area (Å²) in [7, 11) is 0. The molecule has 0 spiro atoms. The maximum Gasteiger partial charge on any atom is 0.0844 e. The molecule has 0 aromatic heterocycles. The molecular weight excluding hydrogens is 314 g/mol. The van der Waals surface area contributed by atoms with Gasteiger partial charge in [-0.25, -0.2) is 0 Å². The molecule has 4 rings (SSSR count). The summed E-state index contributed by atoms with van der Waals surface area (Å²) >= 11 is 0. The summed E-state index contributed by atoms with van der Waals surface area (Å²) in [6.45, 7) is 0. The van der Waals surface area contributed by atoms with Crippen molar-refractivity contribution in [3.63, 3.8) is 0 Å². The molecule has 0 radical (unpaired) electrons. The highest BCUT2D eigenvalue weighted by Crippen LogP contribution is 2.38. The number of benzene rings is 4. The number of rotatable bonds is 5. The minimum Gasteiger partial charge on any atom is -0.330 e. The number of hydrogen-bond donors (Lipinski definition) is 0. The van der Waals surface area contributed by atoms with Gasteiger partial charge in [-0.1, -0.05) is 97.1 Å². The normalized spacial score (nSPS) is 10.7. The summed E-state index contributed by atoms with van der Waals surface area (Å²) in [5.41, 5.74) is 4.89. The number of hydrogen-bond acceptors (Lipinski definition) is 1. The van der Waals surface area contributed by atoms with Crippen LogP contribution >= 0.6 is 0 Å². The largest absolute Gasteiger partial charge is 0.330 e. The molecule has 126 valence electrons. The van der Waals surface area contributed by atoms with Crippen molar-refractivity contribution >= 4 is 11.4 Å². The first-order chi connectivity index (χ1) is 12.9. The van der Waals surface area contributed by atoms with Crippen molar-refractivity contribution < 1.29 is 0 Å². The van der Waals surface area contributed by atoms with E-state index in [0.29, 0.717) is 0 Å². The fraction of sp³-hybridized carbons (Fsp3) is 0.0400. The molecule has 1 heteroatoms. The van der Waals surface area contributed by atoms with Gasteiger partial charge in [-0.15, -0.1) is 0 Å². The molecule has 0 saturated heterocycles. The second-order valence-corrected chi connectivity index (χ2v) is 6.27. The molecular formula is C25H21N. The highest BCUT2D eigenvalue weighted by molar-refractivity contribution is 5.67. The molecule has 4 aromatic rings. The summed E-state index contributed by atoms with van der Waals surface area (Å²) in [6, 6.07) is 42.7. The minimum atomic E-state index is 0.0993. The van der Waals surface area contributed by atoms with Crippen LogP contribution in [-0.4, -0.2) is 0 Å². The van der Waals surface area contributed by atoms with E-state index in [1.54, 1.807) is 0 Å². The van der Waals surface area contributed by atoms with Gasteiger partial charge in [0.2, 0.25) is 0 Å². The Kier molecular flexibility index (Phi) is 4.79. The molecule has 1 nitrogen and oxygen atoms in total. The second-order valence-electron chi connectivity index (χ2n) is 6.27. The molecule has 0 unspecified atom stereocenters. The van der Waals surface area contributed by atoms with Crippen LogP contribution in [0, 0.1) is 0 Å². The van der Waals surface area contributed by atoms with Gasteiger partial charge in [0.05, 0.1) is 6.04 Å². The van der Waals surface area contributed by atoms with Gasteiger partial charge in [-0.05, 0) is 35.4 Å². The fourth-order valence-corrected chi connectivity index (χ4v) is 3.39. The number of anilines is 2. The highest BCUT2D eigenvalue weighted by atomic mass is 15.2. The van der Waals surface area contributed by atoms with Gasteiger partial charge in [0, 0.05) is 11.4 Å². The van der Waals surface area contributed by atoms with Crippen molar-refractivity contribution in [3.8, 4) is 0 Å². The molecule has 0 aliphatic rings. The van der Waals surface area contributed by atoms with Crippen LogP contribution in [0.1, 0.15) is 17.2 Å². The van der Waals surface area contributed by atoms with Gasteiger partial charge in [-0.2, -0.15) is 0 Å². The Morgan fingerprint density at radius 3 is 1.04 bits per heavy atom. The van der Waals surface area contributed by atoms with Crippen molar-refractivity contribution in [2.24, 2.45) is 0 Å². The van der Waals surface area contributed by atoms with Gasteiger partial charge in [-0.3, -0.25) is 0 Å². The Balaban J connectivity index is 1.93. The summed E-state index contributed by atoms with van der Waals surface area (Å²) in [4.78, 5) is 2.41. The molecule has 0 atom stereocenters. The summed E-state index contributed by atoms with van der Waals surface area (Å²) in [5, 5.41) is 0. The Labute approximate surface area is 155 Å². The van der Waals surface area contributed by atoms with Crippen molar-refractivity contribution in [2.75, 3.05) is 4.90 Å². The molecule has 0 saturated carbocycles. The van der Waals surface area contributed by atoms with E-state index >= 15 is 0 Å². The lowest BCUT2D eigenvalue weighted by Crippen LogP contribution is -2.24. The molecule has 4 aromatic carbocycles. The minimum absolute atomic E-state index is 0.0993. The molecule has 26 heavy (non-hydrogen) atoms.